The molecular formula is C12H15F3N2O3. The van der Waals surface area contributed by atoms with Crippen molar-refractivity contribution in [3.63, 3.8) is 0 Å². The summed E-state index contributed by atoms with van der Waals surface area (Å²) in [7, 11) is 0. The first-order chi connectivity index (χ1) is 9.46. The fourth-order valence-corrected chi connectivity index (χ4v) is 2.11. The zero-order chi connectivity index (χ0) is 14.6. The summed E-state index contributed by atoms with van der Waals surface area (Å²) < 4.78 is 45.1. The quantitative estimate of drug-likeness (QED) is 0.780. The van der Waals surface area contributed by atoms with E-state index in [0.717, 1.165) is 12.8 Å². The molecule has 0 amide bonds. The van der Waals surface area contributed by atoms with Crippen LogP contribution in [0.2, 0.25) is 0 Å². The van der Waals surface area contributed by atoms with E-state index in [9.17, 15) is 18.0 Å². The minimum atomic E-state index is -4.34. The van der Waals surface area contributed by atoms with E-state index >= 15 is 0 Å². The van der Waals surface area contributed by atoms with Gasteiger partial charge in [-0.05, 0) is 12.8 Å². The average Bonchev–Trinajstić information content (AvgIpc) is 2.83. The van der Waals surface area contributed by atoms with Crippen LogP contribution in [0.15, 0.2) is 4.52 Å². The van der Waals surface area contributed by atoms with Crippen molar-refractivity contribution in [3.8, 4) is 0 Å². The highest BCUT2D eigenvalue weighted by Gasteiger charge is 2.29. The number of ketones is 1. The van der Waals surface area contributed by atoms with Gasteiger partial charge in [0.25, 0.3) is 0 Å². The first kappa shape index (κ1) is 15.0. The lowest BCUT2D eigenvalue weighted by atomic mass is 9.88. The zero-order valence-corrected chi connectivity index (χ0v) is 10.8. The van der Waals surface area contributed by atoms with E-state index in [1.54, 1.807) is 0 Å². The topological polar surface area (TPSA) is 65.2 Å². The van der Waals surface area contributed by atoms with E-state index in [1.807, 2.05) is 0 Å². The van der Waals surface area contributed by atoms with Crippen LogP contribution >= 0.6 is 0 Å². The summed E-state index contributed by atoms with van der Waals surface area (Å²) in [5.41, 5.74) is 0. The van der Waals surface area contributed by atoms with Crippen molar-refractivity contribution in [1.82, 2.24) is 10.1 Å². The summed E-state index contributed by atoms with van der Waals surface area (Å²) in [5.74, 6) is 0.252. The molecule has 0 N–H and O–H groups in total. The number of rotatable bonds is 5. The van der Waals surface area contributed by atoms with Crippen molar-refractivity contribution in [2.24, 2.45) is 0 Å². The van der Waals surface area contributed by atoms with E-state index in [1.165, 1.54) is 0 Å². The normalized spacial score (nSPS) is 20.4. The second kappa shape index (κ2) is 6.34. The number of ether oxygens (including phenoxy) is 1. The lowest BCUT2D eigenvalue weighted by molar-refractivity contribution is -0.173. The summed E-state index contributed by atoms with van der Waals surface area (Å²) >= 11 is 0. The number of carbonyl (C=O) groups is 1. The number of Topliss-reactive ketones (excluding diaryl/α,β-unsaturated/α-hetero) is 1. The second-order valence-electron chi connectivity index (χ2n) is 4.73. The van der Waals surface area contributed by atoms with Crippen LogP contribution in [0.3, 0.4) is 0 Å². The van der Waals surface area contributed by atoms with Crippen molar-refractivity contribution in [2.45, 2.75) is 44.2 Å². The average molecular weight is 292 g/mol. The Labute approximate surface area is 113 Å². The summed E-state index contributed by atoms with van der Waals surface area (Å²) in [4.78, 5) is 15.8. The van der Waals surface area contributed by atoms with Crippen LogP contribution in [0.1, 0.15) is 43.3 Å². The van der Waals surface area contributed by atoms with Crippen LogP contribution in [0.25, 0.3) is 0 Å². The fourth-order valence-electron chi connectivity index (χ4n) is 2.11. The Kier molecular flexibility index (Phi) is 4.74. The molecule has 5 nitrogen and oxygen atoms in total. The Morgan fingerprint density at radius 1 is 1.35 bits per heavy atom. The molecule has 0 bridgehead atoms. The van der Waals surface area contributed by atoms with Crippen LogP contribution in [0.5, 0.6) is 0 Å². The smallest absolute Gasteiger partial charge is 0.372 e. The van der Waals surface area contributed by atoms with E-state index < -0.39 is 12.8 Å². The molecule has 1 heterocycles. The van der Waals surface area contributed by atoms with Crippen LogP contribution in [-0.4, -0.2) is 35.3 Å². The van der Waals surface area contributed by atoms with Gasteiger partial charge in [-0.25, -0.2) is 0 Å². The summed E-state index contributed by atoms with van der Waals surface area (Å²) in [6.07, 6.45) is -1.20. The molecule has 1 fully saturated rings. The monoisotopic (exact) mass is 292 g/mol. The molecular weight excluding hydrogens is 277 g/mol. The number of aromatic nitrogens is 2. The van der Waals surface area contributed by atoms with Crippen molar-refractivity contribution in [2.75, 3.05) is 13.2 Å². The number of halogens is 3. The number of hydrogen-bond donors (Lipinski definition) is 0. The van der Waals surface area contributed by atoms with E-state index in [2.05, 4.69) is 14.9 Å². The Morgan fingerprint density at radius 3 is 2.85 bits per heavy atom. The van der Waals surface area contributed by atoms with Crippen molar-refractivity contribution in [1.29, 1.82) is 0 Å². The third-order valence-corrected chi connectivity index (χ3v) is 3.07. The SMILES string of the molecule is O=C1CCCCC1c1nc(CCOCC(F)(F)F)no1. The molecule has 0 saturated heterocycles. The van der Waals surface area contributed by atoms with Gasteiger partial charge in [0.1, 0.15) is 12.4 Å². The molecule has 8 heteroatoms. The predicted octanol–water partition coefficient (Wildman–Crippen LogP) is 2.42. The molecule has 1 aliphatic rings. The zero-order valence-electron chi connectivity index (χ0n) is 10.8. The Bertz CT molecular complexity index is 459. The molecule has 0 aromatic carbocycles. The lowest BCUT2D eigenvalue weighted by Gasteiger charge is -2.16. The standard InChI is InChI=1S/C12H15F3N2O3/c13-12(14,15)7-19-6-5-10-16-11(20-17-10)8-3-1-2-4-9(8)18/h8H,1-7H2. The maximum atomic E-state index is 11.9. The molecule has 1 saturated carbocycles. The van der Waals surface area contributed by atoms with Crippen LogP contribution in [0, 0.1) is 0 Å². The third-order valence-electron chi connectivity index (χ3n) is 3.07. The fraction of sp³-hybridized carbons (Fsp3) is 0.750. The number of hydrogen-bond acceptors (Lipinski definition) is 5. The predicted molar refractivity (Wildman–Crippen MR) is 61.1 cm³/mol. The number of carbonyl (C=O) groups excluding carboxylic acids is 1. The van der Waals surface area contributed by atoms with Gasteiger partial charge in [-0.15, -0.1) is 0 Å². The summed E-state index contributed by atoms with van der Waals surface area (Å²) in [6.45, 7) is -1.43. The molecule has 0 spiro atoms. The molecule has 1 aliphatic carbocycles. The Balaban J connectivity index is 1.81. The molecule has 112 valence electrons. The van der Waals surface area contributed by atoms with Gasteiger partial charge >= 0.3 is 6.18 Å². The first-order valence-corrected chi connectivity index (χ1v) is 6.45. The molecule has 1 aromatic rings. The van der Waals surface area contributed by atoms with Crippen LogP contribution in [-0.2, 0) is 16.0 Å². The van der Waals surface area contributed by atoms with Crippen molar-refractivity contribution in [3.05, 3.63) is 11.7 Å². The van der Waals surface area contributed by atoms with Crippen molar-refractivity contribution >= 4 is 5.78 Å². The lowest BCUT2D eigenvalue weighted by Crippen LogP contribution is -2.18. The molecule has 2 rings (SSSR count). The molecule has 20 heavy (non-hydrogen) atoms. The third kappa shape index (κ3) is 4.29. The van der Waals surface area contributed by atoms with Crippen LogP contribution < -0.4 is 0 Å². The minimum Gasteiger partial charge on any atom is -0.372 e. The molecule has 1 aromatic heterocycles. The summed E-state index contributed by atoms with van der Waals surface area (Å²) in [5, 5.41) is 3.66. The Hall–Kier alpha value is -1.44. The number of alkyl halides is 3. The van der Waals surface area contributed by atoms with Crippen molar-refractivity contribution < 1.29 is 27.2 Å². The van der Waals surface area contributed by atoms with Gasteiger partial charge in [0.05, 0.1) is 12.5 Å². The molecule has 0 radical (unpaired) electrons. The largest absolute Gasteiger partial charge is 0.411 e. The Morgan fingerprint density at radius 2 is 2.15 bits per heavy atom. The molecule has 1 atom stereocenters. The van der Waals surface area contributed by atoms with Gasteiger partial charge < -0.3 is 9.26 Å². The highest BCUT2D eigenvalue weighted by molar-refractivity contribution is 5.85. The van der Waals surface area contributed by atoms with Gasteiger partial charge in [-0.1, -0.05) is 11.6 Å². The van der Waals surface area contributed by atoms with E-state index in [4.69, 9.17) is 4.52 Å². The van der Waals surface area contributed by atoms with Gasteiger partial charge in [0.15, 0.2) is 5.82 Å². The maximum Gasteiger partial charge on any atom is 0.411 e. The molecule has 1 unspecified atom stereocenters. The van der Waals surface area contributed by atoms with Gasteiger partial charge in [-0.2, -0.15) is 18.2 Å². The number of nitrogens with zero attached hydrogens (tertiary/aromatic N) is 2. The summed E-state index contributed by atoms with van der Waals surface area (Å²) in [6, 6.07) is 0. The van der Waals surface area contributed by atoms with Gasteiger partial charge in [0.2, 0.25) is 5.89 Å². The molecule has 0 aliphatic heterocycles. The van der Waals surface area contributed by atoms with E-state index in [0.29, 0.717) is 12.8 Å². The van der Waals surface area contributed by atoms with Gasteiger partial charge in [0, 0.05) is 12.8 Å². The second-order valence-corrected chi connectivity index (χ2v) is 4.73. The highest BCUT2D eigenvalue weighted by Crippen LogP contribution is 2.28. The minimum absolute atomic E-state index is 0.0831. The van der Waals surface area contributed by atoms with Gasteiger partial charge in [-0.3, -0.25) is 4.79 Å². The maximum absolute atomic E-state index is 11.9. The first-order valence-electron chi connectivity index (χ1n) is 6.45. The van der Waals surface area contributed by atoms with Crippen LogP contribution in [0.4, 0.5) is 13.2 Å². The highest BCUT2D eigenvalue weighted by atomic mass is 19.4. The van der Waals surface area contributed by atoms with E-state index in [-0.39, 0.29) is 36.4 Å².